The molecule has 1 heterocycles. The fourth-order valence-electron chi connectivity index (χ4n) is 2.80. The molecule has 1 saturated heterocycles. The van der Waals surface area contributed by atoms with Gasteiger partial charge in [0, 0.05) is 29.2 Å². The second-order valence-electron chi connectivity index (χ2n) is 5.44. The molecule has 1 aliphatic heterocycles. The van der Waals surface area contributed by atoms with Gasteiger partial charge in [-0.25, -0.2) is 0 Å². The van der Waals surface area contributed by atoms with E-state index in [9.17, 15) is 18.0 Å². The molecule has 8 heteroatoms. The summed E-state index contributed by atoms with van der Waals surface area (Å²) in [5.41, 5.74) is -0.821. The Morgan fingerprint density at radius 3 is 2.50 bits per heavy atom. The molecule has 0 radical (unpaired) electrons. The van der Waals surface area contributed by atoms with Crippen LogP contribution in [0.1, 0.15) is 26.7 Å². The first-order chi connectivity index (χ1) is 10.2. The maximum absolute atomic E-state index is 13.0. The number of carbonyl (C=O) groups is 1. The van der Waals surface area contributed by atoms with Crippen LogP contribution < -0.4 is 5.32 Å². The summed E-state index contributed by atoms with van der Waals surface area (Å²) in [5, 5.41) is 10.5. The molecule has 0 amide bonds. The van der Waals surface area contributed by atoms with Gasteiger partial charge in [-0.1, -0.05) is 13.8 Å². The van der Waals surface area contributed by atoms with Crippen molar-refractivity contribution in [3.05, 3.63) is 11.3 Å². The van der Waals surface area contributed by atoms with Gasteiger partial charge in [0.1, 0.15) is 9.79 Å². The molecule has 3 nitrogen and oxygen atoms in total. The van der Waals surface area contributed by atoms with Gasteiger partial charge in [0.25, 0.3) is 0 Å². The molecule has 0 aromatic rings. The Bertz CT molecular complexity index is 511. The molecular formula is C14H19F3N2OS2. The summed E-state index contributed by atoms with van der Waals surface area (Å²) >= 11 is 3.25. The van der Waals surface area contributed by atoms with Gasteiger partial charge in [0.15, 0.2) is 5.78 Å². The maximum atomic E-state index is 13.0. The SMILES string of the molecule is CCC(=O)CNC1=C(C(=N)C(F)(F)F)CC(C)C12SCCS2. The maximum Gasteiger partial charge on any atom is 0.432 e. The van der Waals surface area contributed by atoms with E-state index in [0.717, 1.165) is 11.5 Å². The lowest BCUT2D eigenvalue weighted by atomic mass is 10.0. The number of rotatable bonds is 5. The molecule has 2 N–H and O–H groups in total. The molecule has 2 rings (SSSR count). The summed E-state index contributed by atoms with van der Waals surface area (Å²) in [4.78, 5) is 11.6. The lowest BCUT2D eigenvalue weighted by Gasteiger charge is -2.31. The van der Waals surface area contributed by atoms with Crippen LogP contribution in [0.4, 0.5) is 13.2 Å². The monoisotopic (exact) mass is 352 g/mol. The van der Waals surface area contributed by atoms with Crippen molar-refractivity contribution in [1.29, 1.82) is 5.41 Å². The van der Waals surface area contributed by atoms with Crippen LogP contribution in [-0.4, -0.2) is 39.8 Å². The van der Waals surface area contributed by atoms with Gasteiger partial charge in [0.2, 0.25) is 0 Å². The highest BCUT2D eigenvalue weighted by Crippen LogP contribution is 2.59. The fourth-order valence-corrected chi connectivity index (χ4v) is 6.32. The predicted octanol–water partition coefficient (Wildman–Crippen LogP) is 3.61. The molecule has 0 saturated carbocycles. The van der Waals surface area contributed by atoms with E-state index in [1.54, 1.807) is 30.4 Å². The van der Waals surface area contributed by atoms with Crippen LogP contribution in [0.2, 0.25) is 0 Å². The molecule has 2 aliphatic rings. The minimum absolute atomic E-state index is 0.00179. The number of carbonyl (C=O) groups excluding carboxylic acids is 1. The van der Waals surface area contributed by atoms with Crippen LogP contribution >= 0.6 is 23.5 Å². The van der Waals surface area contributed by atoms with Crippen LogP contribution in [0.5, 0.6) is 0 Å². The molecule has 1 unspecified atom stereocenters. The Balaban J connectivity index is 2.37. The summed E-state index contributed by atoms with van der Waals surface area (Å²) in [6.07, 6.45) is -4.09. The first kappa shape index (κ1) is 17.7. The van der Waals surface area contributed by atoms with Gasteiger partial charge >= 0.3 is 6.18 Å². The molecule has 22 heavy (non-hydrogen) atoms. The topological polar surface area (TPSA) is 53.0 Å². The number of nitrogens with one attached hydrogen (secondary N) is 2. The molecule has 1 fully saturated rings. The summed E-state index contributed by atoms with van der Waals surface area (Å²) in [6, 6.07) is 0. The zero-order valence-electron chi connectivity index (χ0n) is 12.5. The minimum Gasteiger partial charge on any atom is -0.379 e. The van der Waals surface area contributed by atoms with E-state index in [0.29, 0.717) is 12.1 Å². The molecule has 0 aromatic heterocycles. The molecule has 1 aliphatic carbocycles. The number of hydrogen-bond acceptors (Lipinski definition) is 5. The van der Waals surface area contributed by atoms with Crippen molar-refractivity contribution in [2.45, 2.75) is 36.9 Å². The van der Waals surface area contributed by atoms with Gasteiger partial charge in [-0.05, 0) is 12.3 Å². The second kappa shape index (κ2) is 6.47. The first-order valence-electron chi connectivity index (χ1n) is 7.15. The van der Waals surface area contributed by atoms with E-state index in [4.69, 9.17) is 5.41 Å². The third-order valence-electron chi connectivity index (χ3n) is 3.97. The number of thioether (sulfide) groups is 2. The van der Waals surface area contributed by atoms with Gasteiger partial charge < -0.3 is 5.32 Å². The Morgan fingerprint density at radius 1 is 1.41 bits per heavy atom. The molecular weight excluding hydrogens is 333 g/mol. The largest absolute Gasteiger partial charge is 0.432 e. The Hall–Kier alpha value is -0.630. The zero-order chi connectivity index (χ0) is 16.5. The highest BCUT2D eigenvalue weighted by atomic mass is 32.2. The number of hydrogen-bond donors (Lipinski definition) is 2. The summed E-state index contributed by atoms with van der Waals surface area (Å²) < 4.78 is 38.5. The Kier molecular flexibility index (Phi) is 5.21. The van der Waals surface area contributed by atoms with E-state index < -0.39 is 16.0 Å². The van der Waals surface area contributed by atoms with Crippen LogP contribution in [0.3, 0.4) is 0 Å². The number of ketones is 1. The van der Waals surface area contributed by atoms with Crippen molar-refractivity contribution in [3.8, 4) is 0 Å². The van der Waals surface area contributed by atoms with Crippen molar-refractivity contribution < 1.29 is 18.0 Å². The smallest absolute Gasteiger partial charge is 0.379 e. The standard InChI is InChI=1S/C14H19F3N2OS2/c1-3-9(20)7-19-12-10(11(18)14(15,16)17)6-8(2)13(12)21-4-5-22-13/h8,18-19H,3-7H2,1-2H3. The van der Waals surface area contributed by atoms with Gasteiger partial charge in [0.05, 0.1) is 6.54 Å². The van der Waals surface area contributed by atoms with E-state index in [2.05, 4.69) is 5.32 Å². The summed E-state index contributed by atoms with van der Waals surface area (Å²) in [7, 11) is 0. The zero-order valence-corrected chi connectivity index (χ0v) is 14.1. The number of halogens is 3. The van der Waals surface area contributed by atoms with Crippen LogP contribution in [0.25, 0.3) is 0 Å². The second-order valence-corrected chi connectivity index (χ2v) is 8.38. The highest BCUT2D eigenvalue weighted by molar-refractivity contribution is 8.21. The van der Waals surface area contributed by atoms with Crippen LogP contribution in [-0.2, 0) is 4.79 Å². The van der Waals surface area contributed by atoms with E-state index >= 15 is 0 Å². The number of Topliss-reactive ketones (excluding diaryl/α,β-unsaturated/α-hetero) is 1. The molecule has 124 valence electrons. The summed E-state index contributed by atoms with van der Waals surface area (Å²) in [6.45, 7) is 3.67. The lowest BCUT2D eigenvalue weighted by Crippen LogP contribution is -2.36. The van der Waals surface area contributed by atoms with Crippen LogP contribution in [0, 0.1) is 11.3 Å². The van der Waals surface area contributed by atoms with E-state index in [1.165, 1.54) is 0 Å². The first-order valence-corrected chi connectivity index (χ1v) is 9.12. The van der Waals surface area contributed by atoms with Crippen LogP contribution in [0.15, 0.2) is 11.3 Å². The Labute approximate surface area is 136 Å². The minimum atomic E-state index is -4.66. The van der Waals surface area contributed by atoms with E-state index in [1.807, 2.05) is 6.92 Å². The summed E-state index contributed by atoms with van der Waals surface area (Å²) in [5.74, 6) is 1.69. The third-order valence-corrected chi connectivity index (χ3v) is 7.82. The lowest BCUT2D eigenvalue weighted by molar-refractivity contribution is -0.117. The molecule has 1 atom stereocenters. The van der Waals surface area contributed by atoms with Crippen molar-refractivity contribution in [1.82, 2.24) is 5.32 Å². The average Bonchev–Trinajstić information content (AvgIpc) is 3.03. The number of allylic oxidation sites excluding steroid dienone is 1. The van der Waals surface area contributed by atoms with Gasteiger partial charge in [-0.15, -0.1) is 23.5 Å². The predicted molar refractivity (Wildman–Crippen MR) is 85.5 cm³/mol. The normalized spacial score (nSPS) is 24.1. The highest BCUT2D eigenvalue weighted by Gasteiger charge is 2.53. The van der Waals surface area contributed by atoms with Crippen molar-refractivity contribution >= 4 is 35.0 Å². The quantitative estimate of drug-likeness (QED) is 0.742. The van der Waals surface area contributed by atoms with Gasteiger partial charge in [-0.2, -0.15) is 13.2 Å². The van der Waals surface area contributed by atoms with E-state index in [-0.39, 0.29) is 30.2 Å². The third kappa shape index (κ3) is 3.18. The molecule has 0 bridgehead atoms. The van der Waals surface area contributed by atoms with Crippen molar-refractivity contribution in [2.75, 3.05) is 18.1 Å². The van der Waals surface area contributed by atoms with Crippen molar-refractivity contribution in [3.63, 3.8) is 0 Å². The average molecular weight is 352 g/mol. The van der Waals surface area contributed by atoms with Crippen molar-refractivity contribution in [2.24, 2.45) is 5.92 Å². The van der Waals surface area contributed by atoms with Gasteiger partial charge in [-0.3, -0.25) is 10.2 Å². The molecule has 0 aromatic carbocycles. The number of alkyl halides is 3. The fraction of sp³-hybridized carbons (Fsp3) is 0.714. The Morgan fingerprint density at radius 2 is 2.00 bits per heavy atom. The molecule has 1 spiro atoms.